The fourth-order valence-corrected chi connectivity index (χ4v) is 4.53. The van der Waals surface area contributed by atoms with Gasteiger partial charge in [-0.1, -0.05) is 18.2 Å². The van der Waals surface area contributed by atoms with E-state index in [4.69, 9.17) is 0 Å². The van der Waals surface area contributed by atoms with Crippen molar-refractivity contribution in [2.75, 3.05) is 44.7 Å². The van der Waals surface area contributed by atoms with E-state index in [-0.39, 0.29) is 41.7 Å². The Morgan fingerprint density at radius 1 is 1.06 bits per heavy atom. The Bertz CT molecular complexity index is 919. The summed E-state index contributed by atoms with van der Waals surface area (Å²) in [5.41, 5.74) is 0.768. The molecule has 2 aromatic rings. The van der Waals surface area contributed by atoms with Gasteiger partial charge in [0.2, 0.25) is 0 Å². The maximum absolute atomic E-state index is 14.0. The van der Waals surface area contributed by atoms with Gasteiger partial charge in [-0.25, -0.2) is 13.8 Å². The van der Waals surface area contributed by atoms with E-state index in [9.17, 15) is 8.78 Å². The predicted octanol–water partition coefficient (Wildman–Crippen LogP) is 3.63. The van der Waals surface area contributed by atoms with Crippen LogP contribution in [0.5, 0.6) is 0 Å². The number of aliphatic imine (C=N–C) groups is 1. The molecule has 0 saturated carbocycles. The minimum atomic E-state index is -0.281. The van der Waals surface area contributed by atoms with Crippen LogP contribution < -0.4 is 15.5 Å². The zero-order valence-corrected chi connectivity index (χ0v) is 21.3. The highest BCUT2D eigenvalue weighted by Gasteiger charge is 2.26. The molecular weight excluding hydrogens is 537 g/mol. The van der Waals surface area contributed by atoms with Gasteiger partial charge in [0, 0.05) is 51.0 Å². The molecule has 0 bridgehead atoms. The van der Waals surface area contributed by atoms with Gasteiger partial charge in [-0.05, 0) is 56.5 Å². The molecule has 1 aromatic heterocycles. The summed E-state index contributed by atoms with van der Waals surface area (Å²) < 4.78 is 27.9. The van der Waals surface area contributed by atoms with Gasteiger partial charge in [0.1, 0.15) is 5.82 Å². The Balaban J connectivity index is 0.00000306. The number of pyridine rings is 1. The number of halogens is 3. The molecule has 1 unspecified atom stereocenters. The molecule has 1 atom stereocenters. The first kappa shape index (κ1) is 25.6. The second-order valence-electron chi connectivity index (χ2n) is 8.65. The minimum absolute atomic E-state index is 0. The maximum atomic E-state index is 14.0. The van der Waals surface area contributed by atoms with Crippen LogP contribution in [-0.4, -0.2) is 61.7 Å². The third kappa shape index (κ3) is 6.99. The first-order chi connectivity index (χ1) is 15.6. The highest BCUT2D eigenvalue weighted by Crippen LogP contribution is 2.21. The van der Waals surface area contributed by atoms with Crippen molar-refractivity contribution in [3.8, 4) is 0 Å². The lowest BCUT2D eigenvalue weighted by Crippen LogP contribution is -2.47. The van der Waals surface area contributed by atoms with Crippen LogP contribution in [0, 0.1) is 17.6 Å². The maximum Gasteiger partial charge on any atom is 0.191 e. The summed E-state index contributed by atoms with van der Waals surface area (Å²) in [6.45, 7) is 4.94. The fraction of sp³-hybridized carbons (Fsp3) is 0.500. The monoisotopic (exact) mass is 570 g/mol. The minimum Gasteiger partial charge on any atom is -0.356 e. The molecule has 2 N–H and O–H groups in total. The number of nitrogens with one attached hydrogen (secondary N) is 2. The summed E-state index contributed by atoms with van der Waals surface area (Å²) in [5, 5.41) is 6.92. The van der Waals surface area contributed by atoms with Gasteiger partial charge in [-0.15, -0.1) is 24.0 Å². The third-order valence-electron chi connectivity index (χ3n) is 6.41. The molecule has 2 aliphatic heterocycles. The van der Waals surface area contributed by atoms with Crippen LogP contribution >= 0.6 is 24.0 Å². The number of aromatic nitrogens is 1. The summed E-state index contributed by atoms with van der Waals surface area (Å²) in [7, 11) is 1.78. The van der Waals surface area contributed by atoms with E-state index >= 15 is 0 Å². The molecule has 0 aliphatic carbocycles. The average Bonchev–Trinajstić information content (AvgIpc) is 3.27. The number of nitrogens with zero attached hydrogens (tertiary/aromatic N) is 4. The van der Waals surface area contributed by atoms with Gasteiger partial charge < -0.3 is 15.5 Å². The van der Waals surface area contributed by atoms with E-state index in [0.717, 1.165) is 57.0 Å². The zero-order valence-electron chi connectivity index (χ0n) is 19.0. The van der Waals surface area contributed by atoms with Crippen molar-refractivity contribution in [1.82, 2.24) is 20.5 Å². The molecule has 0 amide bonds. The van der Waals surface area contributed by atoms with E-state index in [1.807, 2.05) is 17.0 Å². The molecule has 9 heteroatoms. The smallest absolute Gasteiger partial charge is 0.191 e. The number of guanidine groups is 1. The molecule has 4 rings (SSSR count). The Labute approximate surface area is 211 Å². The summed E-state index contributed by atoms with van der Waals surface area (Å²) in [5.74, 6) is 1.36. The largest absolute Gasteiger partial charge is 0.356 e. The topological polar surface area (TPSA) is 55.8 Å². The number of hydrogen-bond acceptors (Lipinski definition) is 4. The molecule has 3 heterocycles. The summed E-state index contributed by atoms with van der Waals surface area (Å²) in [6.07, 6.45) is 4.69. The van der Waals surface area contributed by atoms with Crippen molar-refractivity contribution in [2.24, 2.45) is 10.9 Å². The van der Waals surface area contributed by atoms with Crippen LogP contribution in [-0.2, 0) is 6.54 Å². The van der Waals surface area contributed by atoms with Crippen molar-refractivity contribution < 1.29 is 8.78 Å². The van der Waals surface area contributed by atoms with E-state index < -0.39 is 0 Å². The number of hydrogen-bond donors (Lipinski definition) is 2. The Kier molecular flexibility index (Phi) is 9.66. The number of rotatable bonds is 6. The molecule has 180 valence electrons. The molecule has 6 nitrogen and oxygen atoms in total. The molecule has 2 saturated heterocycles. The SMILES string of the molecule is CN=C(NCC1CCN(Cc2ccccc2F)CC1)NC1CCN(c2ncccc2F)C1.I. The molecule has 1 aromatic carbocycles. The lowest BCUT2D eigenvalue weighted by atomic mass is 9.96. The standard InChI is InChI=1S/C24H32F2N6.HI/c1-27-24(30-20-10-14-32(17-20)23-22(26)7-4-11-28-23)29-15-18-8-12-31(13-9-18)16-19-5-2-3-6-21(19)25;/h2-7,11,18,20H,8-10,12-17H2,1H3,(H2,27,29,30);1H. The fourth-order valence-electron chi connectivity index (χ4n) is 4.53. The van der Waals surface area contributed by atoms with E-state index in [2.05, 4.69) is 25.5 Å². The van der Waals surface area contributed by atoms with Gasteiger partial charge in [-0.3, -0.25) is 9.89 Å². The summed E-state index contributed by atoms with van der Waals surface area (Å²) >= 11 is 0. The Morgan fingerprint density at radius 3 is 2.55 bits per heavy atom. The number of likely N-dealkylation sites (tertiary alicyclic amines) is 1. The van der Waals surface area contributed by atoms with Crippen molar-refractivity contribution in [2.45, 2.75) is 31.8 Å². The van der Waals surface area contributed by atoms with Gasteiger partial charge in [0.05, 0.1) is 0 Å². The first-order valence-electron chi connectivity index (χ1n) is 11.4. The molecule has 2 fully saturated rings. The molecule has 2 aliphatic rings. The molecule has 33 heavy (non-hydrogen) atoms. The lowest BCUT2D eigenvalue weighted by Gasteiger charge is -2.32. The van der Waals surface area contributed by atoms with Gasteiger partial charge in [0.25, 0.3) is 0 Å². The molecular formula is C24H33F2IN6. The van der Waals surface area contributed by atoms with Crippen molar-refractivity contribution in [1.29, 1.82) is 0 Å². The van der Waals surface area contributed by atoms with Gasteiger partial charge >= 0.3 is 0 Å². The van der Waals surface area contributed by atoms with Crippen molar-refractivity contribution in [3.05, 3.63) is 59.8 Å². The normalized spacial score (nSPS) is 19.9. The molecule has 0 radical (unpaired) electrons. The van der Waals surface area contributed by atoms with Crippen LogP contribution in [0.2, 0.25) is 0 Å². The summed E-state index contributed by atoms with van der Waals surface area (Å²) in [4.78, 5) is 12.9. The Hall–Kier alpha value is -2.01. The molecule has 0 spiro atoms. The zero-order chi connectivity index (χ0) is 22.3. The summed E-state index contributed by atoms with van der Waals surface area (Å²) in [6, 6.07) is 10.3. The first-order valence-corrected chi connectivity index (χ1v) is 11.4. The van der Waals surface area contributed by atoms with Crippen LogP contribution in [0.3, 0.4) is 0 Å². The Morgan fingerprint density at radius 2 is 1.82 bits per heavy atom. The highest BCUT2D eigenvalue weighted by molar-refractivity contribution is 14.0. The van der Waals surface area contributed by atoms with Crippen LogP contribution in [0.15, 0.2) is 47.6 Å². The third-order valence-corrected chi connectivity index (χ3v) is 6.41. The number of piperidine rings is 1. The van der Waals surface area contributed by atoms with E-state index in [1.165, 1.54) is 12.1 Å². The number of benzene rings is 1. The second-order valence-corrected chi connectivity index (χ2v) is 8.65. The predicted molar refractivity (Wildman–Crippen MR) is 139 cm³/mol. The second kappa shape index (κ2) is 12.5. The average molecular weight is 570 g/mol. The van der Waals surface area contributed by atoms with Gasteiger partial charge in [-0.2, -0.15) is 0 Å². The van der Waals surface area contributed by atoms with Crippen molar-refractivity contribution in [3.63, 3.8) is 0 Å². The van der Waals surface area contributed by atoms with Crippen LogP contribution in [0.25, 0.3) is 0 Å². The number of anilines is 1. The van der Waals surface area contributed by atoms with E-state index in [0.29, 0.717) is 24.8 Å². The van der Waals surface area contributed by atoms with Gasteiger partial charge in [0.15, 0.2) is 17.6 Å². The lowest BCUT2D eigenvalue weighted by molar-refractivity contribution is 0.176. The van der Waals surface area contributed by atoms with E-state index in [1.54, 1.807) is 25.4 Å². The van der Waals surface area contributed by atoms with Crippen LogP contribution in [0.4, 0.5) is 14.6 Å². The highest BCUT2D eigenvalue weighted by atomic mass is 127. The van der Waals surface area contributed by atoms with Crippen molar-refractivity contribution >= 4 is 35.8 Å². The quantitative estimate of drug-likeness (QED) is 0.316. The van der Waals surface area contributed by atoms with Crippen LogP contribution in [0.1, 0.15) is 24.8 Å².